The van der Waals surface area contributed by atoms with Gasteiger partial charge in [0.05, 0.1) is 10.6 Å². The molecule has 0 atom stereocenters. The van der Waals surface area contributed by atoms with E-state index in [2.05, 4.69) is 0 Å². The van der Waals surface area contributed by atoms with Crippen molar-refractivity contribution < 1.29 is 18.7 Å². The zero-order valence-corrected chi connectivity index (χ0v) is 13.4. The lowest BCUT2D eigenvalue weighted by molar-refractivity contribution is 0.101. The van der Waals surface area contributed by atoms with Crippen LogP contribution < -0.4 is 9.47 Å². The highest BCUT2D eigenvalue weighted by atomic mass is 35.5. The van der Waals surface area contributed by atoms with Crippen LogP contribution in [0.15, 0.2) is 47.7 Å². The molecule has 2 aromatic carbocycles. The number of halogens is 2. The molecule has 3 rings (SSSR count). The summed E-state index contributed by atoms with van der Waals surface area (Å²) >= 11 is 5.97. The third-order valence-electron chi connectivity index (χ3n) is 3.48. The van der Waals surface area contributed by atoms with Gasteiger partial charge in [0.2, 0.25) is 5.78 Å². The first kappa shape index (κ1) is 15.6. The molecule has 0 aliphatic carbocycles. The molecule has 5 heteroatoms. The zero-order valence-electron chi connectivity index (χ0n) is 12.7. The Bertz CT molecular complexity index is 823. The second-order valence-corrected chi connectivity index (χ2v) is 5.85. The van der Waals surface area contributed by atoms with E-state index >= 15 is 0 Å². The average molecular weight is 333 g/mol. The fraction of sp³-hybridized carbons (Fsp3) is 0.167. The Labute approximate surface area is 138 Å². The molecular formula is C18H14ClFO3. The minimum absolute atomic E-state index is 0.117. The highest BCUT2D eigenvalue weighted by Crippen LogP contribution is 2.35. The lowest BCUT2D eigenvalue weighted by Gasteiger charge is -2.09. The molecule has 23 heavy (non-hydrogen) atoms. The molecule has 0 amide bonds. The fourth-order valence-electron chi connectivity index (χ4n) is 2.27. The number of Topliss-reactive ketones (excluding diaryl/α,β-unsaturated/α-hetero) is 1. The molecule has 0 fully saturated rings. The zero-order chi connectivity index (χ0) is 16.6. The van der Waals surface area contributed by atoms with Crippen LogP contribution in [0.2, 0.25) is 5.02 Å². The van der Waals surface area contributed by atoms with Crippen LogP contribution >= 0.6 is 11.6 Å². The Balaban J connectivity index is 1.78. The van der Waals surface area contributed by atoms with Crippen molar-refractivity contribution in [2.75, 3.05) is 0 Å². The van der Waals surface area contributed by atoms with Gasteiger partial charge in [-0.3, -0.25) is 4.79 Å². The number of rotatable bonds is 3. The third kappa shape index (κ3) is 3.08. The second kappa shape index (κ2) is 6.05. The van der Waals surface area contributed by atoms with E-state index in [1.54, 1.807) is 24.3 Å². The van der Waals surface area contributed by atoms with E-state index in [-0.39, 0.29) is 12.4 Å². The van der Waals surface area contributed by atoms with Crippen molar-refractivity contribution in [3.8, 4) is 11.5 Å². The highest BCUT2D eigenvalue weighted by molar-refractivity contribution is 6.31. The van der Waals surface area contributed by atoms with E-state index in [1.165, 1.54) is 12.1 Å². The molecule has 0 saturated heterocycles. The number of ketones is 1. The molecule has 0 radical (unpaired) electrons. The minimum Gasteiger partial charge on any atom is -0.489 e. The molecule has 3 nitrogen and oxygen atoms in total. The van der Waals surface area contributed by atoms with Crippen LogP contribution in [0.1, 0.15) is 29.8 Å². The first-order valence-electron chi connectivity index (χ1n) is 7.06. The number of benzene rings is 2. The maximum Gasteiger partial charge on any atom is 0.231 e. The Kier molecular flexibility index (Phi) is 4.09. The summed E-state index contributed by atoms with van der Waals surface area (Å²) in [5.74, 6) is 0.880. The van der Waals surface area contributed by atoms with E-state index < -0.39 is 5.82 Å². The molecule has 2 aromatic rings. The lowest BCUT2D eigenvalue weighted by atomic mass is 10.1. The maximum absolute atomic E-state index is 13.0. The Morgan fingerprint density at radius 1 is 1.22 bits per heavy atom. The number of allylic oxidation sites excluding steroid dienone is 2. The van der Waals surface area contributed by atoms with Gasteiger partial charge in [0.25, 0.3) is 0 Å². The summed E-state index contributed by atoms with van der Waals surface area (Å²) in [6.07, 6.45) is 0. The number of ether oxygens (including phenoxy) is 2. The van der Waals surface area contributed by atoms with Crippen molar-refractivity contribution in [1.82, 2.24) is 0 Å². The quantitative estimate of drug-likeness (QED) is 0.748. The van der Waals surface area contributed by atoms with E-state index in [9.17, 15) is 9.18 Å². The first-order chi connectivity index (χ1) is 11.0. The summed E-state index contributed by atoms with van der Waals surface area (Å²) in [7, 11) is 0. The number of hydrogen-bond donors (Lipinski definition) is 0. The molecular weight excluding hydrogens is 319 g/mol. The van der Waals surface area contributed by atoms with Crippen molar-refractivity contribution in [1.29, 1.82) is 0 Å². The lowest BCUT2D eigenvalue weighted by Crippen LogP contribution is -2.00. The molecule has 1 aliphatic heterocycles. The van der Waals surface area contributed by atoms with Crippen molar-refractivity contribution in [2.24, 2.45) is 0 Å². The normalized spacial score (nSPS) is 12.9. The van der Waals surface area contributed by atoms with Crippen LogP contribution in [0.4, 0.5) is 4.39 Å². The van der Waals surface area contributed by atoms with Gasteiger partial charge in [-0.1, -0.05) is 17.7 Å². The Morgan fingerprint density at radius 2 is 2.00 bits per heavy atom. The topological polar surface area (TPSA) is 35.5 Å². The van der Waals surface area contributed by atoms with Gasteiger partial charge < -0.3 is 9.47 Å². The van der Waals surface area contributed by atoms with Gasteiger partial charge in [-0.25, -0.2) is 4.39 Å². The van der Waals surface area contributed by atoms with Gasteiger partial charge in [0.15, 0.2) is 5.76 Å². The molecule has 0 bridgehead atoms. The van der Waals surface area contributed by atoms with Gasteiger partial charge in [0.1, 0.15) is 23.9 Å². The van der Waals surface area contributed by atoms with Gasteiger partial charge in [-0.15, -0.1) is 0 Å². The summed E-state index contributed by atoms with van der Waals surface area (Å²) < 4.78 is 24.3. The molecule has 0 N–H and O–H groups in total. The van der Waals surface area contributed by atoms with Gasteiger partial charge >= 0.3 is 0 Å². The molecule has 0 aromatic heterocycles. The number of hydrogen-bond acceptors (Lipinski definition) is 3. The average Bonchev–Trinajstić information content (AvgIpc) is 2.83. The second-order valence-electron chi connectivity index (χ2n) is 5.44. The standard InChI is InChI=1S/C18H14ClFO3/c1-10(2)18-17(21)14-6-5-13(8-16(14)23-18)22-9-11-3-4-12(20)7-15(11)19/h3-8H,9H2,1-2H3. The number of fused-ring (bicyclic) bond motifs is 1. The summed E-state index contributed by atoms with van der Waals surface area (Å²) in [5, 5.41) is 0.310. The summed E-state index contributed by atoms with van der Waals surface area (Å²) in [4.78, 5) is 12.1. The van der Waals surface area contributed by atoms with E-state index in [1.807, 2.05) is 13.8 Å². The summed E-state index contributed by atoms with van der Waals surface area (Å²) in [6, 6.07) is 9.19. The Hall–Kier alpha value is -2.33. The van der Waals surface area contributed by atoms with Crippen molar-refractivity contribution in [3.05, 3.63) is 69.7 Å². The first-order valence-corrected chi connectivity index (χ1v) is 7.44. The largest absolute Gasteiger partial charge is 0.489 e. The summed E-state index contributed by atoms with van der Waals surface area (Å²) in [6.45, 7) is 3.85. The van der Waals surface area contributed by atoms with Crippen LogP contribution in [-0.4, -0.2) is 5.78 Å². The van der Waals surface area contributed by atoms with Crippen LogP contribution in [0, 0.1) is 5.82 Å². The molecule has 1 heterocycles. The minimum atomic E-state index is -0.391. The third-order valence-corrected chi connectivity index (χ3v) is 3.83. The van der Waals surface area contributed by atoms with E-state index in [0.29, 0.717) is 33.4 Å². The summed E-state index contributed by atoms with van der Waals surface area (Å²) in [5.41, 5.74) is 2.02. The van der Waals surface area contributed by atoms with E-state index in [0.717, 1.165) is 5.57 Å². The molecule has 0 spiro atoms. The number of carbonyl (C=O) groups excluding carboxylic acids is 1. The van der Waals surface area contributed by atoms with Gasteiger partial charge in [0, 0.05) is 11.6 Å². The van der Waals surface area contributed by atoms with Crippen molar-refractivity contribution in [3.63, 3.8) is 0 Å². The SMILES string of the molecule is CC(C)=C1Oc2cc(OCc3ccc(F)cc3Cl)ccc2C1=O. The molecule has 0 saturated carbocycles. The van der Waals surface area contributed by atoms with Crippen LogP contribution in [0.25, 0.3) is 0 Å². The predicted octanol–water partition coefficient (Wildman–Crippen LogP) is 4.93. The molecule has 118 valence electrons. The van der Waals surface area contributed by atoms with Crippen LogP contribution in [0.3, 0.4) is 0 Å². The Morgan fingerprint density at radius 3 is 2.70 bits per heavy atom. The smallest absolute Gasteiger partial charge is 0.231 e. The maximum atomic E-state index is 13.0. The highest BCUT2D eigenvalue weighted by Gasteiger charge is 2.28. The predicted molar refractivity (Wildman–Crippen MR) is 85.5 cm³/mol. The number of carbonyl (C=O) groups is 1. The van der Waals surface area contributed by atoms with Gasteiger partial charge in [-0.05, 0) is 43.7 Å². The van der Waals surface area contributed by atoms with E-state index in [4.69, 9.17) is 21.1 Å². The van der Waals surface area contributed by atoms with Crippen LogP contribution in [-0.2, 0) is 6.61 Å². The fourth-order valence-corrected chi connectivity index (χ4v) is 2.49. The monoisotopic (exact) mass is 332 g/mol. The van der Waals surface area contributed by atoms with Crippen molar-refractivity contribution >= 4 is 17.4 Å². The molecule has 1 aliphatic rings. The van der Waals surface area contributed by atoms with Gasteiger partial charge in [-0.2, -0.15) is 0 Å². The molecule has 0 unspecified atom stereocenters. The van der Waals surface area contributed by atoms with Crippen LogP contribution in [0.5, 0.6) is 11.5 Å². The van der Waals surface area contributed by atoms with Crippen molar-refractivity contribution in [2.45, 2.75) is 20.5 Å².